The van der Waals surface area contributed by atoms with E-state index in [0.717, 1.165) is 0 Å². The SMILES string of the molecule is CCOC(=O)CCC(O)=C1C(=O)OC(C)(C)OC1=O. The Kier molecular flexibility index (Phi) is 4.52. The summed E-state index contributed by atoms with van der Waals surface area (Å²) >= 11 is 0. The summed E-state index contributed by atoms with van der Waals surface area (Å²) < 4.78 is 14.3. The van der Waals surface area contributed by atoms with E-state index < -0.39 is 35.0 Å². The van der Waals surface area contributed by atoms with Gasteiger partial charge in [-0.2, -0.15) is 0 Å². The van der Waals surface area contributed by atoms with Crippen molar-refractivity contribution < 1.29 is 33.7 Å². The Balaban J connectivity index is 2.76. The Bertz CT molecular complexity index is 411. The number of carbonyl (C=O) groups is 3. The fourth-order valence-electron chi connectivity index (χ4n) is 1.47. The largest absolute Gasteiger partial charge is 0.511 e. The number of carbonyl (C=O) groups excluding carboxylic acids is 3. The van der Waals surface area contributed by atoms with Crippen molar-refractivity contribution in [1.82, 2.24) is 0 Å². The lowest BCUT2D eigenvalue weighted by atomic mass is 10.1. The highest BCUT2D eigenvalue weighted by Crippen LogP contribution is 2.25. The minimum atomic E-state index is -1.36. The van der Waals surface area contributed by atoms with Crippen molar-refractivity contribution in [3.8, 4) is 0 Å². The lowest BCUT2D eigenvalue weighted by Crippen LogP contribution is -2.42. The summed E-state index contributed by atoms with van der Waals surface area (Å²) in [6, 6.07) is 0. The second-order valence-corrected chi connectivity index (χ2v) is 4.31. The van der Waals surface area contributed by atoms with Crippen LogP contribution >= 0.6 is 0 Å². The predicted molar refractivity (Wildman–Crippen MR) is 61.8 cm³/mol. The summed E-state index contributed by atoms with van der Waals surface area (Å²) in [5.74, 6) is -4.38. The first kappa shape index (κ1) is 15.0. The molecule has 0 aromatic carbocycles. The van der Waals surface area contributed by atoms with Gasteiger partial charge in [-0.15, -0.1) is 0 Å². The van der Waals surface area contributed by atoms with Crippen LogP contribution < -0.4 is 0 Å². The fourth-order valence-corrected chi connectivity index (χ4v) is 1.47. The van der Waals surface area contributed by atoms with E-state index in [1.165, 1.54) is 13.8 Å². The number of cyclic esters (lactones) is 2. The zero-order valence-corrected chi connectivity index (χ0v) is 11.0. The molecular formula is C12H16O7. The number of esters is 3. The van der Waals surface area contributed by atoms with Gasteiger partial charge in [-0.1, -0.05) is 0 Å². The van der Waals surface area contributed by atoms with Crippen LogP contribution in [0, 0.1) is 0 Å². The Morgan fingerprint density at radius 1 is 1.21 bits per heavy atom. The third kappa shape index (κ3) is 3.97. The minimum absolute atomic E-state index is 0.146. The van der Waals surface area contributed by atoms with Crippen LogP contribution in [0.4, 0.5) is 0 Å². The normalized spacial score (nSPS) is 17.5. The van der Waals surface area contributed by atoms with Crippen molar-refractivity contribution in [2.45, 2.75) is 39.4 Å². The number of aliphatic hydroxyl groups excluding tert-OH is 1. The van der Waals surface area contributed by atoms with Crippen molar-refractivity contribution >= 4 is 17.9 Å². The van der Waals surface area contributed by atoms with Gasteiger partial charge in [0.25, 0.3) is 5.79 Å². The smallest absolute Gasteiger partial charge is 0.352 e. The van der Waals surface area contributed by atoms with Crippen molar-refractivity contribution in [3.63, 3.8) is 0 Å². The molecule has 106 valence electrons. The summed E-state index contributed by atoms with van der Waals surface area (Å²) in [6.07, 6.45) is -0.341. The maximum absolute atomic E-state index is 11.6. The fraction of sp³-hybridized carbons (Fsp3) is 0.583. The van der Waals surface area contributed by atoms with Gasteiger partial charge >= 0.3 is 17.9 Å². The molecule has 1 saturated heterocycles. The van der Waals surface area contributed by atoms with E-state index in [1.807, 2.05) is 0 Å². The molecule has 1 N–H and O–H groups in total. The van der Waals surface area contributed by atoms with Gasteiger partial charge in [0.1, 0.15) is 5.76 Å². The summed E-state index contributed by atoms with van der Waals surface area (Å²) in [7, 11) is 0. The average molecular weight is 272 g/mol. The molecule has 0 spiro atoms. The zero-order valence-electron chi connectivity index (χ0n) is 11.0. The number of allylic oxidation sites excluding steroid dienone is 1. The first-order valence-corrected chi connectivity index (χ1v) is 5.81. The molecule has 0 aromatic rings. The zero-order chi connectivity index (χ0) is 14.6. The van der Waals surface area contributed by atoms with Crippen molar-refractivity contribution in [2.75, 3.05) is 6.61 Å². The first-order valence-electron chi connectivity index (χ1n) is 5.81. The van der Waals surface area contributed by atoms with E-state index in [9.17, 15) is 19.5 Å². The highest BCUT2D eigenvalue weighted by Gasteiger charge is 2.41. The van der Waals surface area contributed by atoms with Crippen LogP contribution in [0.15, 0.2) is 11.3 Å². The van der Waals surface area contributed by atoms with Crippen LogP contribution in [0.25, 0.3) is 0 Å². The summed E-state index contributed by atoms with van der Waals surface area (Å²) in [5, 5.41) is 9.67. The van der Waals surface area contributed by atoms with Gasteiger partial charge in [0.2, 0.25) is 0 Å². The third-order valence-corrected chi connectivity index (χ3v) is 2.25. The van der Waals surface area contributed by atoms with Crippen LogP contribution in [0.2, 0.25) is 0 Å². The monoisotopic (exact) mass is 272 g/mol. The molecule has 1 rings (SSSR count). The van der Waals surface area contributed by atoms with Crippen LogP contribution in [0.5, 0.6) is 0 Å². The van der Waals surface area contributed by atoms with Gasteiger partial charge in [-0.25, -0.2) is 9.59 Å². The van der Waals surface area contributed by atoms with E-state index in [0.29, 0.717) is 0 Å². The second kappa shape index (κ2) is 5.73. The molecule has 0 saturated carbocycles. The van der Waals surface area contributed by atoms with Gasteiger partial charge < -0.3 is 19.3 Å². The van der Waals surface area contributed by atoms with Gasteiger partial charge in [-0.3, -0.25) is 4.79 Å². The van der Waals surface area contributed by atoms with Gasteiger partial charge in [-0.05, 0) is 6.92 Å². The van der Waals surface area contributed by atoms with Crippen LogP contribution in [-0.2, 0) is 28.6 Å². The Morgan fingerprint density at radius 3 is 2.21 bits per heavy atom. The molecule has 0 bridgehead atoms. The first-order chi connectivity index (χ1) is 8.76. The van der Waals surface area contributed by atoms with Gasteiger partial charge in [0.15, 0.2) is 5.57 Å². The molecule has 7 heteroatoms. The molecule has 1 heterocycles. The third-order valence-electron chi connectivity index (χ3n) is 2.25. The molecule has 0 amide bonds. The maximum Gasteiger partial charge on any atom is 0.352 e. The van der Waals surface area contributed by atoms with Crippen LogP contribution in [0.3, 0.4) is 0 Å². The van der Waals surface area contributed by atoms with Crippen molar-refractivity contribution in [2.24, 2.45) is 0 Å². The number of hydrogen-bond acceptors (Lipinski definition) is 7. The van der Waals surface area contributed by atoms with Gasteiger partial charge in [0, 0.05) is 20.3 Å². The Labute approximate surface area is 110 Å². The molecule has 1 fully saturated rings. The number of hydrogen-bond donors (Lipinski definition) is 1. The topological polar surface area (TPSA) is 99.1 Å². The second-order valence-electron chi connectivity index (χ2n) is 4.31. The minimum Gasteiger partial charge on any atom is -0.511 e. The van der Waals surface area contributed by atoms with Gasteiger partial charge in [0.05, 0.1) is 13.0 Å². The molecule has 0 unspecified atom stereocenters. The molecular weight excluding hydrogens is 256 g/mol. The maximum atomic E-state index is 11.6. The lowest BCUT2D eigenvalue weighted by molar-refractivity contribution is -0.222. The van der Waals surface area contributed by atoms with Crippen LogP contribution in [0.1, 0.15) is 33.6 Å². The summed E-state index contributed by atoms with van der Waals surface area (Å²) in [6.45, 7) is 4.66. The molecule has 0 radical (unpaired) electrons. The molecule has 19 heavy (non-hydrogen) atoms. The van der Waals surface area contributed by atoms with E-state index in [1.54, 1.807) is 6.92 Å². The summed E-state index contributed by atoms with van der Waals surface area (Å²) in [5.41, 5.74) is -0.580. The molecule has 7 nitrogen and oxygen atoms in total. The molecule has 0 atom stereocenters. The highest BCUT2D eigenvalue weighted by atomic mass is 16.7. The Hall–Kier alpha value is -2.05. The van der Waals surface area contributed by atoms with E-state index in [2.05, 4.69) is 4.74 Å². The molecule has 0 aromatic heterocycles. The van der Waals surface area contributed by atoms with Crippen molar-refractivity contribution in [1.29, 1.82) is 0 Å². The lowest BCUT2D eigenvalue weighted by Gasteiger charge is -2.30. The van der Waals surface area contributed by atoms with E-state index >= 15 is 0 Å². The average Bonchev–Trinajstić information content (AvgIpc) is 2.23. The molecule has 1 aliphatic heterocycles. The molecule has 0 aliphatic carbocycles. The standard InChI is InChI=1S/C12H16O7/c1-4-17-8(14)6-5-7(13)9-10(15)18-12(2,3)19-11(9)16/h13H,4-6H2,1-3H3. The number of ether oxygens (including phenoxy) is 3. The van der Waals surface area contributed by atoms with Crippen molar-refractivity contribution in [3.05, 3.63) is 11.3 Å². The number of rotatable bonds is 4. The highest BCUT2D eigenvalue weighted by molar-refractivity contribution is 6.15. The summed E-state index contributed by atoms with van der Waals surface area (Å²) in [4.78, 5) is 34.3. The predicted octanol–water partition coefficient (Wildman–Crippen LogP) is 0.978. The Morgan fingerprint density at radius 2 is 1.74 bits per heavy atom. The molecule has 1 aliphatic rings. The van der Waals surface area contributed by atoms with E-state index in [4.69, 9.17) is 9.47 Å². The quantitative estimate of drug-likeness (QED) is 0.352. The van der Waals surface area contributed by atoms with E-state index in [-0.39, 0.29) is 19.4 Å². The van der Waals surface area contributed by atoms with Crippen LogP contribution in [-0.4, -0.2) is 35.4 Å². The number of aliphatic hydroxyl groups is 1.